The first-order chi connectivity index (χ1) is 8.27. The summed E-state index contributed by atoms with van der Waals surface area (Å²) in [4.78, 5) is 2.61. The van der Waals surface area contributed by atoms with Crippen molar-refractivity contribution in [2.75, 3.05) is 32.8 Å². The number of ether oxygens (including phenoxy) is 1. The summed E-state index contributed by atoms with van der Waals surface area (Å²) in [6, 6.07) is 0.736. The van der Waals surface area contributed by atoms with Gasteiger partial charge in [0.05, 0.1) is 12.7 Å². The zero-order chi connectivity index (χ0) is 12.1. The first-order valence-electron chi connectivity index (χ1n) is 7.33. The number of hydrogen-bond acceptors (Lipinski definition) is 3. The number of rotatable bonds is 4. The molecule has 2 saturated heterocycles. The lowest BCUT2D eigenvalue weighted by Crippen LogP contribution is -2.44. The molecule has 3 nitrogen and oxygen atoms in total. The summed E-state index contributed by atoms with van der Waals surface area (Å²) in [5, 5.41) is 3.38. The molecule has 2 heterocycles. The third-order valence-corrected chi connectivity index (χ3v) is 4.52. The summed E-state index contributed by atoms with van der Waals surface area (Å²) in [5.74, 6) is 0.850. The van der Waals surface area contributed by atoms with Crippen molar-refractivity contribution in [3.05, 3.63) is 0 Å². The number of piperidine rings is 2. The predicted octanol–water partition coefficient (Wildman–Crippen LogP) is 1.88. The standard InChI is InChI=1S/C14H28N2O/c1-12-4-3-9-16(13(12)2)10-11-17-14-5-7-15-8-6-14/h12-15H,3-11H2,1-2H3. The molecular weight excluding hydrogens is 212 g/mol. The van der Waals surface area contributed by atoms with E-state index in [1.807, 2.05) is 0 Å². The summed E-state index contributed by atoms with van der Waals surface area (Å²) in [6.07, 6.45) is 5.64. The maximum absolute atomic E-state index is 5.99. The van der Waals surface area contributed by atoms with Crippen LogP contribution >= 0.6 is 0 Å². The lowest BCUT2D eigenvalue weighted by Gasteiger charge is -2.38. The van der Waals surface area contributed by atoms with Gasteiger partial charge in [-0.1, -0.05) is 6.92 Å². The van der Waals surface area contributed by atoms with Crippen LogP contribution in [0.25, 0.3) is 0 Å². The minimum Gasteiger partial charge on any atom is -0.377 e. The maximum atomic E-state index is 5.99. The van der Waals surface area contributed by atoms with Crippen LogP contribution in [0.2, 0.25) is 0 Å². The minimum absolute atomic E-state index is 0.508. The van der Waals surface area contributed by atoms with Gasteiger partial charge < -0.3 is 10.1 Å². The van der Waals surface area contributed by atoms with Gasteiger partial charge in [0.2, 0.25) is 0 Å². The smallest absolute Gasteiger partial charge is 0.0600 e. The van der Waals surface area contributed by atoms with Gasteiger partial charge in [-0.25, -0.2) is 0 Å². The molecule has 100 valence electrons. The van der Waals surface area contributed by atoms with Crippen molar-refractivity contribution >= 4 is 0 Å². The van der Waals surface area contributed by atoms with E-state index in [2.05, 4.69) is 24.1 Å². The van der Waals surface area contributed by atoms with Crippen molar-refractivity contribution in [2.24, 2.45) is 5.92 Å². The Balaban J connectivity index is 1.63. The van der Waals surface area contributed by atoms with E-state index in [1.54, 1.807) is 0 Å². The lowest BCUT2D eigenvalue weighted by molar-refractivity contribution is 0.00451. The van der Waals surface area contributed by atoms with Crippen molar-refractivity contribution in [1.29, 1.82) is 0 Å². The van der Waals surface area contributed by atoms with Crippen molar-refractivity contribution in [2.45, 2.75) is 51.7 Å². The maximum Gasteiger partial charge on any atom is 0.0600 e. The molecule has 0 aromatic carbocycles. The Bertz CT molecular complexity index is 216. The molecule has 0 aliphatic carbocycles. The first kappa shape index (κ1) is 13.3. The average Bonchev–Trinajstić information content (AvgIpc) is 2.36. The molecular formula is C14H28N2O. The van der Waals surface area contributed by atoms with Crippen LogP contribution in [0, 0.1) is 5.92 Å². The summed E-state index contributed by atoms with van der Waals surface area (Å²) >= 11 is 0. The highest BCUT2D eigenvalue weighted by Crippen LogP contribution is 2.22. The molecule has 2 unspecified atom stereocenters. The second-order valence-corrected chi connectivity index (χ2v) is 5.72. The van der Waals surface area contributed by atoms with Gasteiger partial charge >= 0.3 is 0 Å². The van der Waals surface area contributed by atoms with Crippen LogP contribution < -0.4 is 5.32 Å². The molecule has 0 saturated carbocycles. The van der Waals surface area contributed by atoms with Crippen LogP contribution in [0.3, 0.4) is 0 Å². The predicted molar refractivity (Wildman–Crippen MR) is 71.3 cm³/mol. The minimum atomic E-state index is 0.508. The average molecular weight is 240 g/mol. The van der Waals surface area contributed by atoms with E-state index < -0.39 is 0 Å². The molecule has 2 rings (SSSR count). The second-order valence-electron chi connectivity index (χ2n) is 5.72. The van der Waals surface area contributed by atoms with Gasteiger partial charge in [-0.15, -0.1) is 0 Å². The van der Waals surface area contributed by atoms with Crippen LogP contribution in [-0.2, 0) is 4.74 Å². The molecule has 2 aliphatic rings. The SMILES string of the molecule is CC1CCCN(CCOC2CCNCC2)C1C. The molecule has 2 atom stereocenters. The van der Waals surface area contributed by atoms with Crippen molar-refractivity contribution < 1.29 is 4.74 Å². The first-order valence-corrected chi connectivity index (χ1v) is 7.33. The highest BCUT2D eigenvalue weighted by molar-refractivity contribution is 4.78. The Morgan fingerprint density at radius 3 is 2.71 bits per heavy atom. The Labute approximate surface area is 106 Å². The Kier molecular flexibility index (Phi) is 5.26. The normalized spacial score (nSPS) is 32.8. The van der Waals surface area contributed by atoms with E-state index in [1.165, 1.54) is 32.2 Å². The van der Waals surface area contributed by atoms with Crippen molar-refractivity contribution in [3.63, 3.8) is 0 Å². The largest absolute Gasteiger partial charge is 0.377 e. The molecule has 0 bridgehead atoms. The summed E-state index contributed by atoms with van der Waals surface area (Å²) in [7, 11) is 0. The van der Waals surface area contributed by atoms with Crippen LogP contribution in [0.1, 0.15) is 39.5 Å². The molecule has 2 fully saturated rings. The van der Waals surface area contributed by atoms with E-state index in [4.69, 9.17) is 4.74 Å². The van der Waals surface area contributed by atoms with Crippen LogP contribution in [0.5, 0.6) is 0 Å². The van der Waals surface area contributed by atoms with E-state index in [9.17, 15) is 0 Å². The third-order valence-electron chi connectivity index (χ3n) is 4.52. The fourth-order valence-electron chi connectivity index (χ4n) is 3.04. The van der Waals surface area contributed by atoms with E-state index in [0.29, 0.717) is 6.10 Å². The Hall–Kier alpha value is -0.120. The van der Waals surface area contributed by atoms with Gasteiger partial charge in [-0.2, -0.15) is 0 Å². The van der Waals surface area contributed by atoms with Gasteiger partial charge in [0.1, 0.15) is 0 Å². The molecule has 0 amide bonds. The second kappa shape index (κ2) is 6.72. The molecule has 17 heavy (non-hydrogen) atoms. The molecule has 0 aromatic heterocycles. The van der Waals surface area contributed by atoms with Gasteiger partial charge in [0, 0.05) is 12.6 Å². The van der Waals surface area contributed by atoms with E-state index in [0.717, 1.165) is 38.2 Å². The molecule has 3 heteroatoms. The van der Waals surface area contributed by atoms with E-state index in [-0.39, 0.29) is 0 Å². The molecule has 0 spiro atoms. The topological polar surface area (TPSA) is 24.5 Å². The fraction of sp³-hybridized carbons (Fsp3) is 1.00. The van der Waals surface area contributed by atoms with Gasteiger partial charge in [0.15, 0.2) is 0 Å². The monoisotopic (exact) mass is 240 g/mol. The molecule has 2 aliphatic heterocycles. The summed E-state index contributed by atoms with van der Waals surface area (Å²) in [5.41, 5.74) is 0. The quantitative estimate of drug-likeness (QED) is 0.812. The van der Waals surface area contributed by atoms with Crippen LogP contribution in [0.4, 0.5) is 0 Å². The molecule has 0 aromatic rings. The zero-order valence-corrected chi connectivity index (χ0v) is 11.5. The van der Waals surface area contributed by atoms with Crippen LogP contribution in [-0.4, -0.2) is 49.8 Å². The summed E-state index contributed by atoms with van der Waals surface area (Å²) < 4.78 is 5.99. The van der Waals surface area contributed by atoms with Gasteiger partial charge in [0.25, 0.3) is 0 Å². The third kappa shape index (κ3) is 3.94. The number of hydrogen-bond donors (Lipinski definition) is 1. The van der Waals surface area contributed by atoms with Crippen molar-refractivity contribution in [1.82, 2.24) is 10.2 Å². The fourth-order valence-corrected chi connectivity index (χ4v) is 3.04. The Morgan fingerprint density at radius 2 is 1.94 bits per heavy atom. The molecule has 0 radical (unpaired) electrons. The highest BCUT2D eigenvalue weighted by atomic mass is 16.5. The van der Waals surface area contributed by atoms with Gasteiger partial charge in [-0.3, -0.25) is 4.90 Å². The zero-order valence-electron chi connectivity index (χ0n) is 11.5. The van der Waals surface area contributed by atoms with E-state index >= 15 is 0 Å². The summed E-state index contributed by atoms with van der Waals surface area (Å²) in [6.45, 7) is 10.3. The number of nitrogens with one attached hydrogen (secondary N) is 1. The van der Waals surface area contributed by atoms with Crippen LogP contribution in [0.15, 0.2) is 0 Å². The Morgan fingerprint density at radius 1 is 1.18 bits per heavy atom. The van der Waals surface area contributed by atoms with Gasteiger partial charge in [-0.05, 0) is 58.2 Å². The highest BCUT2D eigenvalue weighted by Gasteiger charge is 2.24. The molecule has 1 N–H and O–H groups in total. The number of nitrogens with zero attached hydrogens (tertiary/aromatic N) is 1. The number of likely N-dealkylation sites (tertiary alicyclic amines) is 1. The lowest BCUT2D eigenvalue weighted by atomic mass is 9.92. The van der Waals surface area contributed by atoms with Crippen molar-refractivity contribution in [3.8, 4) is 0 Å².